The van der Waals surface area contributed by atoms with E-state index in [4.69, 9.17) is 0 Å². The highest BCUT2D eigenvalue weighted by Gasteiger charge is 2.35. The van der Waals surface area contributed by atoms with Gasteiger partial charge in [-0.2, -0.15) is 0 Å². The fourth-order valence-electron chi connectivity index (χ4n) is 6.39. The highest BCUT2D eigenvalue weighted by atomic mass is 16.1. The zero-order valence-corrected chi connectivity index (χ0v) is 21.0. The van der Waals surface area contributed by atoms with Gasteiger partial charge in [0.25, 0.3) is 5.56 Å². The van der Waals surface area contributed by atoms with E-state index in [0.717, 1.165) is 54.5 Å². The van der Waals surface area contributed by atoms with Crippen molar-refractivity contribution in [1.82, 2.24) is 30.0 Å². The normalized spacial score (nSPS) is 19.1. The van der Waals surface area contributed by atoms with Crippen LogP contribution in [0, 0.1) is 5.92 Å². The summed E-state index contributed by atoms with van der Waals surface area (Å²) >= 11 is 0. The van der Waals surface area contributed by atoms with E-state index in [9.17, 15) is 4.79 Å². The number of unbranched alkanes of at least 4 members (excludes halogenated alkanes) is 1. The quantitative estimate of drug-likeness (QED) is 0.374. The van der Waals surface area contributed by atoms with Gasteiger partial charge in [0, 0.05) is 29.8 Å². The lowest BCUT2D eigenvalue weighted by Gasteiger charge is -2.38. The second-order valence-corrected chi connectivity index (χ2v) is 10.4. The van der Waals surface area contributed by atoms with Gasteiger partial charge in [-0.1, -0.05) is 74.7 Å². The highest BCUT2D eigenvalue weighted by molar-refractivity contribution is 5.80. The van der Waals surface area contributed by atoms with E-state index in [0.29, 0.717) is 24.2 Å². The van der Waals surface area contributed by atoms with Gasteiger partial charge in [0.2, 0.25) is 0 Å². The summed E-state index contributed by atoms with van der Waals surface area (Å²) < 4.78 is 4.54. The summed E-state index contributed by atoms with van der Waals surface area (Å²) in [4.78, 5) is 13.8. The van der Waals surface area contributed by atoms with Gasteiger partial charge >= 0.3 is 0 Å². The smallest absolute Gasteiger partial charge is 0.270 e. The molecule has 3 heterocycles. The van der Waals surface area contributed by atoms with Crippen molar-refractivity contribution in [3.8, 4) is 22.5 Å². The van der Waals surface area contributed by atoms with Crippen LogP contribution in [0.4, 0.5) is 0 Å². The van der Waals surface area contributed by atoms with E-state index in [-0.39, 0.29) is 5.56 Å². The zero-order valence-electron chi connectivity index (χ0n) is 21.0. The lowest BCUT2D eigenvalue weighted by molar-refractivity contribution is 0.136. The number of nitrogens with one attached hydrogen (secondary N) is 1. The Kier molecular flexibility index (Phi) is 6.30. The molecule has 36 heavy (non-hydrogen) atoms. The average Bonchev–Trinajstić information content (AvgIpc) is 3.55. The Morgan fingerprint density at radius 3 is 2.58 bits per heavy atom. The fraction of sp³-hybridized carbons (Fsp3) is 0.448. The van der Waals surface area contributed by atoms with Gasteiger partial charge in [-0.25, -0.2) is 9.78 Å². The van der Waals surface area contributed by atoms with Gasteiger partial charge in [0.05, 0.1) is 6.04 Å². The summed E-state index contributed by atoms with van der Waals surface area (Å²) in [7, 11) is 0. The molecule has 186 valence electrons. The van der Waals surface area contributed by atoms with Crippen molar-refractivity contribution in [2.75, 3.05) is 0 Å². The molecule has 2 aromatic carbocycles. The Morgan fingerprint density at radius 1 is 1.00 bits per heavy atom. The number of hydrogen-bond donors (Lipinski definition) is 1. The Labute approximate surface area is 211 Å². The molecule has 2 aliphatic rings. The van der Waals surface area contributed by atoms with Crippen molar-refractivity contribution in [2.45, 2.75) is 77.3 Å². The maximum atomic E-state index is 13.8. The maximum Gasteiger partial charge on any atom is 0.270 e. The summed E-state index contributed by atoms with van der Waals surface area (Å²) in [6.07, 6.45) is 10.1. The minimum Gasteiger partial charge on any atom is -0.286 e. The van der Waals surface area contributed by atoms with Crippen molar-refractivity contribution in [2.24, 2.45) is 5.92 Å². The molecule has 6 rings (SSSR count). The van der Waals surface area contributed by atoms with Crippen LogP contribution in [0.15, 0.2) is 53.3 Å². The molecule has 1 aliphatic heterocycles. The second kappa shape index (κ2) is 9.88. The van der Waals surface area contributed by atoms with Crippen molar-refractivity contribution in [1.29, 1.82) is 0 Å². The van der Waals surface area contributed by atoms with Crippen LogP contribution in [-0.2, 0) is 19.4 Å². The fourth-order valence-corrected chi connectivity index (χ4v) is 6.39. The maximum absolute atomic E-state index is 13.8. The molecule has 7 nitrogen and oxygen atoms in total. The lowest BCUT2D eigenvalue weighted by Crippen LogP contribution is -2.39. The van der Waals surface area contributed by atoms with Gasteiger partial charge in [-0.15, -0.1) is 5.10 Å². The first kappa shape index (κ1) is 23.0. The van der Waals surface area contributed by atoms with Gasteiger partial charge in [-0.05, 0) is 65.1 Å². The molecule has 1 fully saturated rings. The van der Waals surface area contributed by atoms with E-state index in [1.165, 1.54) is 36.9 Å². The number of tetrazole rings is 1. The predicted octanol–water partition coefficient (Wildman–Crippen LogP) is 5.57. The van der Waals surface area contributed by atoms with Gasteiger partial charge in [0.15, 0.2) is 5.82 Å². The number of rotatable bonds is 7. The van der Waals surface area contributed by atoms with Crippen LogP contribution in [0.1, 0.15) is 74.7 Å². The largest absolute Gasteiger partial charge is 0.286 e. The van der Waals surface area contributed by atoms with Crippen molar-refractivity contribution in [3.63, 3.8) is 0 Å². The molecule has 1 aliphatic carbocycles. The van der Waals surface area contributed by atoms with Crippen LogP contribution in [0.3, 0.4) is 0 Å². The monoisotopic (exact) mass is 482 g/mol. The molecule has 2 unspecified atom stereocenters. The molecule has 0 amide bonds. The summed E-state index contributed by atoms with van der Waals surface area (Å²) in [5.41, 5.74) is 6.87. The first-order chi connectivity index (χ1) is 17.7. The molecule has 7 heteroatoms. The number of nitrogens with zero attached hydrogens (tertiary/aromatic N) is 5. The van der Waals surface area contributed by atoms with Crippen LogP contribution in [0.25, 0.3) is 22.5 Å². The summed E-state index contributed by atoms with van der Waals surface area (Å²) in [5.74, 6) is 1.33. The molecule has 4 aromatic rings. The predicted molar refractivity (Wildman–Crippen MR) is 141 cm³/mol. The van der Waals surface area contributed by atoms with E-state index in [2.05, 4.69) is 67.2 Å². The standard InChI is InChI=1S/C29H34N6O/c1-2-3-11-27-25(29(36)35-26-12-7-4-8-22(26)17-18-34(27)35)19-20-13-15-21(16-14-20)23-9-5-6-10-24(23)28-30-32-33-31-28/h5-6,9-10,13-16,22,26H,2-4,7-8,11-12,17-19H2,1H3,(H,30,31,32,33). The van der Waals surface area contributed by atoms with Crippen molar-refractivity contribution >= 4 is 0 Å². The molecule has 0 spiro atoms. The minimum absolute atomic E-state index is 0.255. The molecule has 2 atom stereocenters. The van der Waals surface area contributed by atoms with Crippen molar-refractivity contribution < 1.29 is 0 Å². The van der Waals surface area contributed by atoms with Crippen LogP contribution < -0.4 is 5.56 Å². The summed E-state index contributed by atoms with van der Waals surface area (Å²) in [6, 6.07) is 17.1. The molecule has 0 radical (unpaired) electrons. The Morgan fingerprint density at radius 2 is 1.81 bits per heavy atom. The van der Waals surface area contributed by atoms with Gasteiger partial charge < -0.3 is 0 Å². The average molecular weight is 483 g/mol. The first-order valence-corrected chi connectivity index (χ1v) is 13.5. The molecular weight excluding hydrogens is 448 g/mol. The van der Waals surface area contributed by atoms with E-state index in [1.807, 2.05) is 18.2 Å². The Bertz CT molecular complexity index is 1380. The van der Waals surface area contributed by atoms with E-state index in [1.54, 1.807) is 0 Å². The van der Waals surface area contributed by atoms with Crippen LogP contribution >= 0.6 is 0 Å². The molecule has 1 saturated carbocycles. The number of fused-ring (bicyclic) bond motifs is 3. The third-order valence-corrected chi connectivity index (χ3v) is 8.22. The molecule has 0 bridgehead atoms. The number of aromatic amines is 1. The molecular formula is C29H34N6O. The van der Waals surface area contributed by atoms with Crippen LogP contribution in [-0.4, -0.2) is 30.0 Å². The lowest BCUT2D eigenvalue weighted by atomic mass is 9.81. The summed E-state index contributed by atoms with van der Waals surface area (Å²) in [6.45, 7) is 3.22. The Hall–Kier alpha value is -3.48. The topological polar surface area (TPSA) is 81.4 Å². The van der Waals surface area contributed by atoms with Crippen LogP contribution in [0.2, 0.25) is 0 Å². The molecule has 0 saturated heterocycles. The number of aromatic nitrogens is 6. The first-order valence-electron chi connectivity index (χ1n) is 13.5. The third kappa shape index (κ3) is 4.10. The third-order valence-electron chi connectivity index (χ3n) is 8.22. The molecule has 2 aromatic heterocycles. The van der Waals surface area contributed by atoms with Gasteiger partial charge in [-0.3, -0.25) is 9.48 Å². The number of H-pyrrole nitrogens is 1. The SMILES string of the molecule is CCCCc1c(Cc2ccc(-c3ccccc3-c3nnn[nH]3)cc2)c(=O)n2n1CCC1CCCCC12. The summed E-state index contributed by atoms with van der Waals surface area (Å²) in [5, 5.41) is 14.4. The second-order valence-electron chi connectivity index (χ2n) is 10.4. The van der Waals surface area contributed by atoms with Crippen LogP contribution in [0.5, 0.6) is 0 Å². The van der Waals surface area contributed by atoms with E-state index < -0.39 is 0 Å². The zero-order chi connectivity index (χ0) is 24.5. The van der Waals surface area contributed by atoms with E-state index >= 15 is 0 Å². The number of hydrogen-bond acceptors (Lipinski definition) is 4. The highest BCUT2D eigenvalue weighted by Crippen LogP contribution is 2.39. The van der Waals surface area contributed by atoms with Crippen molar-refractivity contribution in [3.05, 3.63) is 75.7 Å². The minimum atomic E-state index is 0.255. The van der Waals surface area contributed by atoms with Gasteiger partial charge in [0.1, 0.15) is 0 Å². The number of benzene rings is 2. The molecule has 1 N–H and O–H groups in total. The Balaban J connectivity index is 1.33.